The van der Waals surface area contributed by atoms with Gasteiger partial charge in [0.1, 0.15) is 18.7 Å². The zero-order chi connectivity index (χ0) is 14.7. The first-order valence-electron chi connectivity index (χ1n) is 5.67. The smallest absolute Gasteiger partial charge is 0.337 e. The van der Waals surface area contributed by atoms with E-state index in [4.69, 9.17) is 16.7 Å². The lowest BCUT2D eigenvalue weighted by Crippen LogP contribution is -2.25. The Balaban J connectivity index is 2.23. The Morgan fingerprint density at radius 1 is 1.45 bits per heavy atom. The van der Waals surface area contributed by atoms with Gasteiger partial charge in [-0.3, -0.25) is 4.79 Å². The number of carboxylic acids is 1. The van der Waals surface area contributed by atoms with E-state index in [0.29, 0.717) is 5.02 Å². The standard InChI is InChI=1S/C12H11ClN4O3/c1-7(17-6-14-5-15-17)11(18)16-10-4-8(13)2-3-9(10)12(19)20/h2-7H,1H3,(H,16,18)(H,19,20). The summed E-state index contributed by atoms with van der Waals surface area (Å²) in [4.78, 5) is 26.9. The first kappa shape index (κ1) is 14.0. The molecule has 0 spiro atoms. The monoisotopic (exact) mass is 294 g/mol. The van der Waals surface area contributed by atoms with E-state index in [1.54, 1.807) is 6.92 Å². The molecule has 1 atom stereocenters. The molecule has 0 aliphatic carbocycles. The molecular weight excluding hydrogens is 284 g/mol. The summed E-state index contributed by atoms with van der Waals surface area (Å²) >= 11 is 5.81. The van der Waals surface area contributed by atoms with E-state index in [2.05, 4.69) is 15.4 Å². The molecule has 1 amide bonds. The Kier molecular flexibility index (Phi) is 3.99. The van der Waals surface area contributed by atoms with E-state index in [0.717, 1.165) is 0 Å². The van der Waals surface area contributed by atoms with Crippen LogP contribution in [0.25, 0.3) is 0 Å². The van der Waals surface area contributed by atoms with Gasteiger partial charge in [0.2, 0.25) is 5.91 Å². The molecule has 0 fully saturated rings. The number of nitrogens with zero attached hydrogens (tertiary/aromatic N) is 3. The van der Waals surface area contributed by atoms with Crippen LogP contribution in [0.5, 0.6) is 0 Å². The number of rotatable bonds is 4. The minimum atomic E-state index is -1.15. The molecule has 1 heterocycles. The van der Waals surface area contributed by atoms with Crippen LogP contribution in [-0.2, 0) is 4.79 Å². The van der Waals surface area contributed by atoms with Gasteiger partial charge in [0, 0.05) is 5.02 Å². The SMILES string of the molecule is CC(C(=O)Nc1cc(Cl)ccc1C(=O)O)n1cncn1. The van der Waals surface area contributed by atoms with Gasteiger partial charge >= 0.3 is 5.97 Å². The normalized spacial score (nSPS) is 11.9. The Morgan fingerprint density at radius 3 is 2.80 bits per heavy atom. The van der Waals surface area contributed by atoms with Crippen molar-refractivity contribution in [2.75, 3.05) is 5.32 Å². The van der Waals surface area contributed by atoms with Gasteiger partial charge in [0.25, 0.3) is 0 Å². The van der Waals surface area contributed by atoms with Crippen LogP contribution in [0.4, 0.5) is 5.69 Å². The van der Waals surface area contributed by atoms with E-state index >= 15 is 0 Å². The van der Waals surface area contributed by atoms with Crippen molar-refractivity contribution in [3.63, 3.8) is 0 Å². The second-order valence-electron chi connectivity index (χ2n) is 4.04. The van der Waals surface area contributed by atoms with Crippen LogP contribution in [0.3, 0.4) is 0 Å². The highest BCUT2D eigenvalue weighted by atomic mass is 35.5. The first-order chi connectivity index (χ1) is 9.49. The molecule has 2 rings (SSSR count). The van der Waals surface area contributed by atoms with E-state index in [9.17, 15) is 9.59 Å². The predicted molar refractivity (Wildman–Crippen MR) is 71.8 cm³/mol. The van der Waals surface area contributed by atoms with Crippen LogP contribution in [0.1, 0.15) is 23.3 Å². The van der Waals surface area contributed by atoms with Gasteiger partial charge in [-0.05, 0) is 25.1 Å². The molecule has 0 saturated heterocycles. The highest BCUT2D eigenvalue weighted by Crippen LogP contribution is 2.22. The molecule has 1 aromatic carbocycles. The summed E-state index contributed by atoms with van der Waals surface area (Å²) < 4.78 is 1.36. The van der Waals surface area contributed by atoms with Crippen LogP contribution < -0.4 is 5.32 Å². The molecule has 2 N–H and O–H groups in total. The van der Waals surface area contributed by atoms with Gasteiger partial charge in [-0.15, -0.1) is 0 Å². The number of aromatic carboxylic acids is 1. The number of hydrogen-bond acceptors (Lipinski definition) is 4. The van der Waals surface area contributed by atoms with Gasteiger partial charge < -0.3 is 10.4 Å². The van der Waals surface area contributed by atoms with Crippen molar-refractivity contribution >= 4 is 29.2 Å². The average molecular weight is 295 g/mol. The minimum Gasteiger partial charge on any atom is -0.478 e. The second kappa shape index (κ2) is 5.70. The number of carbonyl (C=O) groups excluding carboxylic acids is 1. The summed E-state index contributed by atoms with van der Waals surface area (Å²) in [6.45, 7) is 1.62. The molecule has 1 aromatic heterocycles. The van der Waals surface area contributed by atoms with Crippen LogP contribution in [-0.4, -0.2) is 31.7 Å². The lowest BCUT2D eigenvalue weighted by molar-refractivity contribution is -0.119. The third-order valence-electron chi connectivity index (χ3n) is 2.68. The summed E-state index contributed by atoms with van der Waals surface area (Å²) in [7, 11) is 0. The third-order valence-corrected chi connectivity index (χ3v) is 2.92. The van der Waals surface area contributed by atoms with E-state index in [-0.39, 0.29) is 11.3 Å². The molecule has 8 heteroatoms. The molecule has 0 saturated carbocycles. The van der Waals surface area contributed by atoms with Crippen LogP contribution in [0.2, 0.25) is 5.02 Å². The molecule has 2 aromatic rings. The van der Waals surface area contributed by atoms with Gasteiger partial charge in [-0.25, -0.2) is 14.5 Å². The van der Waals surface area contributed by atoms with Gasteiger partial charge in [0.15, 0.2) is 0 Å². The molecule has 7 nitrogen and oxygen atoms in total. The first-order valence-corrected chi connectivity index (χ1v) is 6.04. The molecular formula is C12H11ClN4O3. The largest absolute Gasteiger partial charge is 0.478 e. The number of nitrogens with one attached hydrogen (secondary N) is 1. The maximum Gasteiger partial charge on any atom is 0.337 e. The Morgan fingerprint density at radius 2 is 2.20 bits per heavy atom. The number of hydrogen-bond donors (Lipinski definition) is 2. The molecule has 20 heavy (non-hydrogen) atoms. The fourth-order valence-corrected chi connectivity index (χ4v) is 1.75. The zero-order valence-corrected chi connectivity index (χ0v) is 11.2. The summed E-state index contributed by atoms with van der Waals surface area (Å²) in [5.74, 6) is -1.56. The fraction of sp³-hybridized carbons (Fsp3) is 0.167. The van der Waals surface area contributed by atoms with Gasteiger partial charge in [-0.1, -0.05) is 11.6 Å². The van der Waals surface area contributed by atoms with Crippen molar-refractivity contribution in [3.8, 4) is 0 Å². The maximum absolute atomic E-state index is 12.1. The number of carboxylic acid groups (broad SMARTS) is 1. The average Bonchev–Trinajstić information content (AvgIpc) is 2.91. The molecule has 0 radical (unpaired) electrons. The highest BCUT2D eigenvalue weighted by Gasteiger charge is 2.18. The Hall–Kier alpha value is -2.41. The topological polar surface area (TPSA) is 97.1 Å². The van der Waals surface area contributed by atoms with Crippen LogP contribution in [0, 0.1) is 0 Å². The number of benzene rings is 1. The van der Waals surface area contributed by atoms with Crippen LogP contribution in [0.15, 0.2) is 30.9 Å². The van der Waals surface area contributed by atoms with E-state index in [1.807, 2.05) is 0 Å². The quantitative estimate of drug-likeness (QED) is 0.896. The molecule has 104 valence electrons. The van der Waals surface area contributed by atoms with Crippen LogP contribution >= 0.6 is 11.6 Å². The lowest BCUT2D eigenvalue weighted by atomic mass is 10.1. The van der Waals surface area contributed by atoms with Crippen molar-refractivity contribution in [2.45, 2.75) is 13.0 Å². The number of halogens is 1. The number of aromatic nitrogens is 3. The molecule has 0 bridgehead atoms. The molecule has 0 aliphatic heterocycles. The Bertz CT molecular complexity index is 642. The maximum atomic E-state index is 12.1. The summed E-state index contributed by atoms with van der Waals surface area (Å²) in [5, 5.41) is 15.8. The molecule has 1 unspecified atom stereocenters. The summed E-state index contributed by atoms with van der Waals surface area (Å²) in [6, 6.07) is 3.54. The van der Waals surface area contributed by atoms with Gasteiger partial charge in [-0.2, -0.15) is 5.10 Å². The summed E-state index contributed by atoms with van der Waals surface area (Å²) in [5.41, 5.74) is 0.107. The number of carbonyl (C=O) groups is 2. The number of anilines is 1. The fourth-order valence-electron chi connectivity index (χ4n) is 1.58. The van der Waals surface area contributed by atoms with Crippen molar-refractivity contribution in [3.05, 3.63) is 41.4 Å². The zero-order valence-electron chi connectivity index (χ0n) is 10.4. The minimum absolute atomic E-state index is 0.0338. The Labute approximate surface area is 119 Å². The lowest BCUT2D eigenvalue weighted by Gasteiger charge is -2.13. The molecule has 0 aliphatic rings. The number of amides is 1. The second-order valence-corrected chi connectivity index (χ2v) is 4.47. The van der Waals surface area contributed by atoms with Crippen molar-refractivity contribution < 1.29 is 14.7 Å². The van der Waals surface area contributed by atoms with Crippen molar-refractivity contribution in [1.82, 2.24) is 14.8 Å². The highest BCUT2D eigenvalue weighted by molar-refractivity contribution is 6.31. The van der Waals surface area contributed by atoms with Crippen molar-refractivity contribution in [2.24, 2.45) is 0 Å². The third kappa shape index (κ3) is 2.94. The van der Waals surface area contributed by atoms with E-state index in [1.165, 1.54) is 35.5 Å². The van der Waals surface area contributed by atoms with Gasteiger partial charge in [0.05, 0.1) is 11.3 Å². The van der Waals surface area contributed by atoms with E-state index < -0.39 is 17.9 Å². The predicted octanol–water partition coefficient (Wildman–Crippen LogP) is 1.83. The van der Waals surface area contributed by atoms with Crippen molar-refractivity contribution in [1.29, 1.82) is 0 Å². The summed E-state index contributed by atoms with van der Waals surface area (Å²) in [6.07, 6.45) is 2.71.